The number of aliphatic hydroxyl groups excluding tert-OH is 1. The van der Waals surface area contributed by atoms with Gasteiger partial charge in [0.2, 0.25) is 11.8 Å². The zero-order valence-electron chi connectivity index (χ0n) is 22.2. The number of aliphatic hydroxyl groups is 1. The van der Waals surface area contributed by atoms with Crippen LogP contribution in [0.1, 0.15) is 55.7 Å². The highest BCUT2D eigenvalue weighted by Gasteiger charge is 2.32. The molecule has 3 N–H and O–H groups in total. The molecule has 0 spiro atoms. The van der Waals surface area contributed by atoms with Crippen LogP contribution in [0.4, 0.5) is 0 Å². The molecule has 0 saturated carbocycles. The third-order valence-corrected chi connectivity index (χ3v) is 7.19. The molecule has 6 heteroatoms. The van der Waals surface area contributed by atoms with E-state index in [1.807, 2.05) is 85.8 Å². The molecular formula is C32H38N2O4. The lowest BCUT2D eigenvalue weighted by Gasteiger charge is -2.28. The predicted molar refractivity (Wildman–Crippen MR) is 149 cm³/mol. The molecule has 1 heterocycles. The Hall–Kier alpha value is -3.64. The SMILES string of the molecule is CCCCNC(=O)[C@H](C)C[C@H](O)[C@H](Cc1ccccc1)NC(=O)[C@@H]1Cc2ccccc2Oc2ccccc21. The Balaban J connectivity index is 1.54. The zero-order chi connectivity index (χ0) is 26.9. The maximum Gasteiger partial charge on any atom is 0.228 e. The van der Waals surface area contributed by atoms with Crippen molar-refractivity contribution >= 4 is 11.8 Å². The van der Waals surface area contributed by atoms with E-state index < -0.39 is 18.1 Å². The fourth-order valence-electron chi connectivity index (χ4n) is 4.95. The predicted octanol–water partition coefficient (Wildman–Crippen LogP) is 5.15. The van der Waals surface area contributed by atoms with Crippen molar-refractivity contribution in [3.63, 3.8) is 0 Å². The number of fused-ring (bicyclic) bond motifs is 2. The maximum atomic E-state index is 13.9. The Kier molecular flexibility index (Phi) is 9.55. The molecule has 3 aromatic rings. The number of unbranched alkanes of at least 4 members (excludes halogenated alkanes) is 1. The Morgan fingerprint density at radius 2 is 1.66 bits per heavy atom. The summed E-state index contributed by atoms with van der Waals surface area (Å²) in [6.45, 7) is 4.53. The molecule has 0 unspecified atom stereocenters. The molecule has 1 aliphatic heterocycles. The summed E-state index contributed by atoms with van der Waals surface area (Å²) in [7, 11) is 0. The van der Waals surface area contributed by atoms with E-state index in [1.54, 1.807) is 0 Å². The number of amides is 2. The van der Waals surface area contributed by atoms with Crippen LogP contribution in [0.3, 0.4) is 0 Å². The van der Waals surface area contributed by atoms with Crippen LogP contribution < -0.4 is 15.4 Å². The van der Waals surface area contributed by atoms with E-state index in [1.165, 1.54) is 0 Å². The molecule has 4 rings (SSSR count). The summed E-state index contributed by atoms with van der Waals surface area (Å²) in [6.07, 6.45) is 2.23. The molecule has 200 valence electrons. The molecule has 4 atom stereocenters. The van der Waals surface area contributed by atoms with Gasteiger partial charge in [-0.2, -0.15) is 0 Å². The van der Waals surface area contributed by atoms with Crippen molar-refractivity contribution in [2.75, 3.05) is 6.54 Å². The maximum absolute atomic E-state index is 13.9. The lowest BCUT2D eigenvalue weighted by molar-refractivity contribution is -0.126. The van der Waals surface area contributed by atoms with Crippen LogP contribution in [0.15, 0.2) is 78.9 Å². The third-order valence-electron chi connectivity index (χ3n) is 7.19. The molecule has 0 saturated heterocycles. The second-order valence-corrected chi connectivity index (χ2v) is 10.2. The largest absolute Gasteiger partial charge is 0.457 e. The van der Waals surface area contributed by atoms with Crippen molar-refractivity contribution in [3.8, 4) is 11.5 Å². The van der Waals surface area contributed by atoms with Gasteiger partial charge in [-0.15, -0.1) is 0 Å². The quantitative estimate of drug-likeness (QED) is 0.309. The molecule has 0 bridgehead atoms. The van der Waals surface area contributed by atoms with Gasteiger partial charge in [-0.3, -0.25) is 9.59 Å². The van der Waals surface area contributed by atoms with E-state index in [2.05, 4.69) is 17.6 Å². The lowest BCUT2D eigenvalue weighted by atomic mass is 9.89. The van der Waals surface area contributed by atoms with Crippen LogP contribution in [0.2, 0.25) is 0 Å². The number of nitrogens with one attached hydrogen (secondary N) is 2. The molecule has 6 nitrogen and oxygen atoms in total. The van der Waals surface area contributed by atoms with Gasteiger partial charge in [0.1, 0.15) is 11.5 Å². The van der Waals surface area contributed by atoms with Crippen molar-refractivity contribution in [1.82, 2.24) is 10.6 Å². The molecular weight excluding hydrogens is 476 g/mol. The summed E-state index contributed by atoms with van der Waals surface area (Å²) in [5.74, 6) is 0.312. The zero-order valence-corrected chi connectivity index (χ0v) is 22.2. The average Bonchev–Trinajstić information content (AvgIpc) is 3.10. The van der Waals surface area contributed by atoms with E-state index >= 15 is 0 Å². The first kappa shape index (κ1) is 27.4. The number of carbonyl (C=O) groups is 2. The van der Waals surface area contributed by atoms with Gasteiger partial charge >= 0.3 is 0 Å². The van der Waals surface area contributed by atoms with Gasteiger partial charge < -0.3 is 20.5 Å². The average molecular weight is 515 g/mol. The minimum atomic E-state index is -0.893. The highest BCUT2D eigenvalue weighted by Crippen LogP contribution is 2.39. The summed E-state index contributed by atoms with van der Waals surface area (Å²) in [6, 6.07) is 24.6. The summed E-state index contributed by atoms with van der Waals surface area (Å²) < 4.78 is 6.18. The van der Waals surface area contributed by atoms with Crippen LogP contribution in [0.25, 0.3) is 0 Å². The molecule has 3 aromatic carbocycles. The van der Waals surface area contributed by atoms with Gasteiger partial charge in [0.25, 0.3) is 0 Å². The number of hydrogen-bond acceptors (Lipinski definition) is 4. The summed E-state index contributed by atoms with van der Waals surface area (Å²) in [4.78, 5) is 26.4. The lowest BCUT2D eigenvalue weighted by Crippen LogP contribution is -2.48. The van der Waals surface area contributed by atoms with Gasteiger partial charge in [-0.1, -0.05) is 87.0 Å². The normalized spacial score (nSPS) is 16.6. The molecule has 0 aromatic heterocycles. The minimum Gasteiger partial charge on any atom is -0.457 e. The second kappa shape index (κ2) is 13.2. The minimum absolute atomic E-state index is 0.0752. The van der Waals surface area contributed by atoms with Crippen LogP contribution in [0, 0.1) is 5.92 Å². The highest BCUT2D eigenvalue weighted by atomic mass is 16.5. The smallest absolute Gasteiger partial charge is 0.228 e. The van der Waals surface area contributed by atoms with E-state index in [-0.39, 0.29) is 24.2 Å². The van der Waals surface area contributed by atoms with Crippen LogP contribution >= 0.6 is 0 Å². The van der Waals surface area contributed by atoms with Crippen molar-refractivity contribution in [2.45, 2.75) is 64.0 Å². The number of carbonyl (C=O) groups excluding carboxylic acids is 2. The van der Waals surface area contributed by atoms with Crippen molar-refractivity contribution in [3.05, 3.63) is 95.6 Å². The van der Waals surface area contributed by atoms with E-state index in [4.69, 9.17) is 4.74 Å². The summed E-state index contributed by atoms with van der Waals surface area (Å²) in [5, 5.41) is 17.4. The highest BCUT2D eigenvalue weighted by molar-refractivity contribution is 5.85. The van der Waals surface area contributed by atoms with Crippen molar-refractivity contribution < 1.29 is 19.4 Å². The standard InChI is InChI=1S/C32H38N2O4/c1-3-4-18-33-31(36)22(2)19-28(35)27(20-23-12-6-5-7-13-23)34-32(37)26-21-24-14-8-10-16-29(24)38-30-17-11-9-15-25(26)30/h5-17,22,26-28,35H,3-4,18-21H2,1-2H3,(H,33,36)(H,34,37)/t22-,26-,27+,28+/m1/s1. The molecule has 0 radical (unpaired) electrons. The topological polar surface area (TPSA) is 87.7 Å². The van der Waals surface area contributed by atoms with Gasteiger partial charge in [0.05, 0.1) is 18.1 Å². The first-order valence-electron chi connectivity index (χ1n) is 13.6. The monoisotopic (exact) mass is 514 g/mol. The number of rotatable bonds is 11. The Morgan fingerprint density at radius 3 is 2.42 bits per heavy atom. The van der Waals surface area contributed by atoms with Crippen LogP contribution in [-0.4, -0.2) is 35.6 Å². The first-order valence-corrected chi connectivity index (χ1v) is 13.6. The Labute approximate surface area is 225 Å². The first-order chi connectivity index (χ1) is 18.5. The van der Waals surface area contributed by atoms with Crippen LogP contribution in [0.5, 0.6) is 11.5 Å². The van der Waals surface area contributed by atoms with E-state index in [0.717, 1.165) is 35.3 Å². The third kappa shape index (κ3) is 7.01. The number of benzene rings is 3. The molecule has 1 aliphatic rings. The van der Waals surface area contributed by atoms with Gasteiger partial charge in [-0.05, 0) is 48.9 Å². The molecule has 38 heavy (non-hydrogen) atoms. The van der Waals surface area contributed by atoms with Crippen LogP contribution in [-0.2, 0) is 22.4 Å². The Morgan fingerprint density at radius 1 is 0.974 bits per heavy atom. The molecule has 0 fully saturated rings. The van der Waals surface area contributed by atoms with E-state index in [0.29, 0.717) is 25.1 Å². The van der Waals surface area contributed by atoms with Gasteiger partial charge in [-0.25, -0.2) is 0 Å². The van der Waals surface area contributed by atoms with Crippen molar-refractivity contribution in [1.29, 1.82) is 0 Å². The number of hydrogen-bond donors (Lipinski definition) is 3. The Bertz CT molecular complexity index is 1210. The summed E-state index contributed by atoms with van der Waals surface area (Å²) >= 11 is 0. The molecule has 0 aliphatic carbocycles. The van der Waals surface area contributed by atoms with E-state index in [9.17, 15) is 14.7 Å². The number of para-hydroxylation sites is 2. The summed E-state index contributed by atoms with van der Waals surface area (Å²) in [5.41, 5.74) is 2.78. The second-order valence-electron chi connectivity index (χ2n) is 10.2. The fourth-order valence-corrected chi connectivity index (χ4v) is 4.95. The molecule has 2 amide bonds. The number of ether oxygens (including phenoxy) is 1. The fraction of sp³-hybridized carbons (Fsp3) is 0.375. The van der Waals surface area contributed by atoms with Gasteiger partial charge in [0.15, 0.2) is 0 Å². The van der Waals surface area contributed by atoms with Gasteiger partial charge in [0, 0.05) is 18.0 Å². The van der Waals surface area contributed by atoms with Crippen molar-refractivity contribution in [2.24, 2.45) is 5.92 Å².